The van der Waals surface area contributed by atoms with Crippen LogP contribution in [0.3, 0.4) is 0 Å². The van der Waals surface area contributed by atoms with Crippen LogP contribution in [0.2, 0.25) is 0 Å². The van der Waals surface area contributed by atoms with Crippen molar-refractivity contribution in [1.29, 1.82) is 0 Å². The maximum Gasteiger partial charge on any atom is 0.241 e. The number of para-hydroxylation sites is 1. The molecule has 4 aromatic rings. The van der Waals surface area contributed by atoms with Crippen LogP contribution in [0.4, 0.5) is 0 Å². The van der Waals surface area contributed by atoms with Crippen LogP contribution in [0.25, 0.3) is 16.9 Å². The molecule has 0 amide bonds. The number of aromatic nitrogens is 4. The Morgan fingerprint density at radius 1 is 1.00 bits per heavy atom. The number of aliphatic hydroxyl groups is 2. The van der Waals surface area contributed by atoms with Gasteiger partial charge in [-0.15, -0.1) is 0 Å². The molecule has 0 saturated carbocycles. The van der Waals surface area contributed by atoms with Crippen LogP contribution in [0.5, 0.6) is 0 Å². The van der Waals surface area contributed by atoms with Gasteiger partial charge in [-0.3, -0.25) is 9.97 Å². The molecule has 0 aliphatic carbocycles. The molecule has 2 aromatic heterocycles. The number of hydrogen-bond donors (Lipinski definition) is 3. The van der Waals surface area contributed by atoms with Gasteiger partial charge in [-0.05, 0) is 47.9 Å². The summed E-state index contributed by atoms with van der Waals surface area (Å²) in [6.45, 7) is 1.05. The Labute approximate surface area is 191 Å². The van der Waals surface area contributed by atoms with E-state index in [1.165, 1.54) is 30.7 Å². The SMILES string of the molecule is Cc1ccccc1-n1nccc1-c1cc(S(=O)(=O)NCc2cnccn2)c(CO)cc1CO. The fourth-order valence-electron chi connectivity index (χ4n) is 3.59. The smallest absolute Gasteiger partial charge is 0.241 e. The van der Waals surface area contributed by atoms with E-state index in [4.69, 9.17) is 0 Å². The van der Waals surface area contributed by atoms with Gasteiger partial charge in [0.1, 0.15) is 0 Å². The van der Waals surface area contributed by atoms with Crippen molar-refractivity contribution in [3.05, 3.63) is 89.6 Å². The second-order valence-electron chi connectivity index (χ2n) is 7.37. The van der Waals surface area contributed by atoms with E-state index in [-0.39, 0.29) is 23.6 Å². The van der Waals surface area contributed by atoms with Gasteiger partial charge in [-0.2, -0.15) is 5.10 Å². The highest BCUT2D eigenvalue weighted by Gasteiger charge is 2.23. The van der Waals surface area contributed by atoms with Crippen molar-refractivity contribution in [2.75, 3.05) is 0 Å². The summed E-state index contributed by atoms with van der Waals surface area (Å²) >= 11 is 0. The number of nitrogens with one attached hydrogen (secondary N) is 1. The molecular formula is C23H23N5O4S. The molecule has 10 heteroatoms. The fraction of sp³-hybridized carbons (Fsp3) is 0.174. The van der Waals surface area contributed by atoms with Crippen molar-refractivity contribution in [2.45, 2.75) is 31.6 Å². The van der Waals surface area contributed by atoms with Crippen molar-refractivity contribution in [2.24, 2.45) is 0 Å². The first-order valence-electron chi connectivity index (χ1n) is 10.2. The van der Waals surface area contributed by atoms with Crippen LogP contribution in [0.15, 0.2) is 72.1 Å². The zero-order valence-electron chi connectivity index (χ0n) is 17.9. The second-order valence-corrected chi connectivity index (χ2v) is 9.10. The zero-order valence-corrected chi connectivity index (χ0v) is 18.7. The van der Waals surface area contributed by atoms with E-state index in [0.29, 0.717) is 22.5 Å². The third kappa shape index (κ3) is 4.69. The van der Waals surface area contributed by atoms with Crippen molar-refractivity contribution in [1.82, 2.24) is 24.5 Å². The number of hydrogen-bond acceptors (Lipinski definition) is 7. The minimum atomic E-state index is -4.01. The molecule has 0 bridgehead atoms. The standard InChI is InChI=1S/C23H23N5O4S/c1-16-4-2-3-5-21(16)28-22(6-7-26-28)20-11-23(18(15-30)10-17(20)14-29)33(31,32)27-13-19-12-24-8-9-25-19/h2-12,27,29-30H,13-15H2,1H3. The lowest BCUT2D eigenvalue weighted by Crippen LogP contribution is -2.25. The van der Waals surface area contributed by atoms with Crippen LogP contribution in [0.1, 0.15) is 22.4 Å². The quantitative estimate of drug-likeness (QED) is 0.363. The lowest BCUT2D eigenvalue weighted by atomic mass is 10.0. The molecule has 0 saturated heterocycles. The van der Waals surface area contributed by atoms with Crippen molar-refractivity contribution in [3.63, 3.8) is 0 Å². The Bertz CT molecular complexity index is 1370. The summed E-state index contributed by atoms with van der Waals surface area (Å²) in [6.07, 6.45) is 6.06. The molecule has 2 heterocycles. The number of rotatable bonds is 8. The van der Waals surface area contributed by atoms with Gasteiger partial charge in [-0.1, -0.05) is 18.2 Å². The number of aliphatic hydroxyl groups excluding tert-OH is 2. The predicted molar refractivity (Wildman–Crippen MR) is 122 cm³/mol. The summed E-state index contributed by atoms with van der Waals surface area (Å²) in [5.74, 6) is 0. The predicted octanol–water partition coefficient (Wildman–Crippen LogP) is 2.10. The first-order valence-corrected chi connectivity index (χ1v) is 11.7. The molecule has 170 valence electrons. The molecule has 2 aromatic carbocycles. The second kappa shape index (κ2) is 9.59. The molecule has 9 nitrogen and oxygen atoms in total. The highest BCUT2D eigenvalue weighted by molar-refractivity contribution is 7.89. The normalized spacial score (nSPS) is 11.6. The summed E-state index contributed by atoms with van der Waals surface area (Å²) in [7, 11) is -4.01. The topological polar surface area (TPSA) is 130 Å². The maximum absolute atomic E-state index is 13.2. The summed E-state index contributed by atoms with van der Waals surface area (Å²) in [4.78, 5) is 7.92. The minimum Gasteiger partial charge on any atom is -0.392 e. The van der Waals surface area contributed by atoms with Crippen LogP contribution in [-0.4, -0.2) is 38.4 Å². The van der Waals surface area contributed by atoms with Crippen molar-refractivity contribution in [3.8, 4) is 16.9 Å². The van der Waals surface area contributed by atoms with Gasteiger partial charge in [0.25, 0.3) is 0 Å². The first-order chi connectivity index (χ1) is 15.9. The minimum absolute atomic E-state index is 0.0563. The van der Waals surface area contributed by atoms with E-state index in [2.05, 4.69) is 19.8 Å². The Morgan fingerprint density at radius 3 is 2.48 bits per heavy atom. The molecule has 0 fully saturated rings. The molecule has 0 unspecified atom stereocenters. The monoisotopic (exact) mass is 465 g/mol. The molecule has 0 spiro atoms. The molecule has 0 aliphatic rings. The van der Waals surface area contributed by atoms with Gasteiger partial charge < -0.3 is 10.2 Å². The number of aryl methyl sites for hydroxylation is 1. The Hall–Kier alpha value is -3.44. The van der Waals surface area contributed by atoms with Crippen molar-refractivity contribution < 1.29 is 18.6 Å². The average Bonchev–Trinajstić information content (AvgIpc) is 3.32. The van der Waals surface area contributed by atoms with E-state index < -0.39 is 16.6 Å². The van der Waals surface area contributed by atoms with Gasteiger partial charge >= 0.3 is 0 Å². The fourth-order valence-corrected chi connectivity index (χ4v) is 4.82. The van der Waals surface area contributed by atoms with Crippen LogP contribution < -0.4 is 4.72 Å². The molecule has 0 aliphatic heterocycles. The van der Waals surface area contributed by atoms with Crippen LogP contribution in [-0.2, 0) is 29.8 Å². The van der Waals surface area contributed by atoms with E-state index in [9.17, 15) is 18.6 Å². The summed E-state index contributed by atoms with van der Waals surface area (Å²) < 4.78 is 30.5. The van der Waals surface area contributed by atoms with E-state index in [1.807, 2.05) is 31.2 Å². The van der Waals surface area contributed by atoms with E-state index >= 15 is 0 Å². The largest absolute Gasteiger partial charge is 0.392 e. The van der Waals surface area contributed by atoms with Gasteiger partial charge in [0.15, 0.2) is 0 Å². The molecule has 3 N–H and O–H groups in total. The number of benzene rings is 2. The number of sulfonamides is 1. The zero-order chi connectivity index (χ0) is 23.4. The molecule has 0 atom stereocenters. The average molecular weight is 466 g/mol. The number of nitrogens with zero attached hydrogens (tertiary/aromatic N) is 4. The Kier molecular flexibility index (Phi) is 6.61. The highest BCUT2D eigenvalue weighted by Crippen LogP contribution is 2.32. The summed E-state index contributed by atoms with van der Waals surface area (Å²) in [6, 6.07) is 12.4. The highest BCUT2D eigenvalue weighted by atomic mass is 32.2. The third-order valence-electron chi connectivity index (χ3n) is 5.24. The molecular weight excluding hydrogens is 442 g/mol. The van der Waals surface area contributed by atoms with Gasteiger partial charge in [0, 0.05) is 24.2 Å². The Morgan fingerprint density at radius 2 is 1.79 bits per heavy atom. The third-order valence-corrected chi connectivity index (χ3v) is 6.72. The molecule has 0 radical (unpaired) electrons. The van der Waals surface area contributed by atoms with Gasteiger partial charge in [0.2, 0.25) is 10.0 Å². The van der Waals surface area contributed by atoms with Crippen LogP contribution in [0, 0.1) is 6.92 Å². The lowest BCUT2D eigenvalue weighted by molar-refractivity contribution is 0.273. The van der Waals surface area contributed by atoms with Crippen molar-refractivity contribution >= 4 is 10.0 Å². The lowest BCUT2D eigenvalue weighted by Gasteiger charge is -2.17. The maximum atomic E-state index is 13.2. The molecule has 33 heavy (non-hydrogen) atoms. The van der Waals surface area contributed by atoms with Gasteiger partial charge in [0.05, 0.1) is 47.9 Å². The summed E-state index contributed by atoms with van der Waals surface area (Å²) in [5.41, 5.74) is 4.03. The van der Waals surface area contributed by atoms with E-state index in [1.54, 1.807) is 16.9 Å². The van der Waals surface area contributed by atoms with Crippen LogP contribution >= 0.6 is 0 Å². The first kappa shape index (κ1) is 22.7. The van der Waals surface area contributed by atoms with E-state index in [0.717, 1.165) is 11.3 Å². The van der Waals surface area contributed by atoms with Gasteiger partial charge in [-0.25, -0.2) is 17.8 Å². The molecule has 4 rings (SSSR count). The summed E-state index contributed by atoms with van der Waals surface area (Å²) in [5, 5.41) is 24.3. The Balaban J connectivity index is 1.81.